The van der Waals surface area contributed by atoms with Crippen LogP contribution in [0.1, 0.15) is 12.8 Å². The van der Waals surface area contributed by atoms with E-state index in [1.807, 2.05) is 0 Å². The number of hydrogen-bond donors (Lipinski definition) is 3. The van der Waals surface area contributed by atoms with Gasteiger partial charge in [0.25, 0.3) is 0 Å². The highest BCUT2D eigenvalue weighted by Gasteiger charge is 2.38. The molecule has 0 saturated heterocycles. The summed E-state index contributed by atoms with van der Waals surface area (Å²) in [5.41, 5.74) is 4.64. The van der Waals surface area contributed by atoms with Crippen LogP contribution in [0.25, 0.3) is 0 Å². The molecule has 0 aromatic carbocycles. The van der Waals surface area contributed by atoms with E-state index in [-0.39, 0.29) is 12.8 Å². The summed E-state index contributed by atoms with van der Waals surface area (Å²) in [7, 11) is 0. The maximum atomic E-state index is 10.6. The first-order valence-electron chi connectivity index (χ1n) is 3.37. The van der Waals surface area contributed by atoms with Crippen molar-refractivity contribution in [1.29, 1.82) is 0 Å². The topological polar surface area (TPSA) is 118 Å². The van der Waals surface area contributed by atoms with Gasteiger partial charge in [0.15, 0.2) is 0 Å². The van der Waals surface area contributed by atoms with Crippen LogP contribution in [0, 0.1) is 0 Å². The molecular formula is C6H8F3NO5. The van der Waals surface area contributed by atoms with Crippen molar-refractivity contribution >= 4 is 17.8 Å². The largest absolute Gasteiger partial charge is 0.490 e. The number of aliphatic carboxylic acids is 2. The molecule has 0 spiro atoms. The molecule has 1 amide bonds. The second kappa shape index (κ2) is 6.62. The van der Waals surface area contributed by atoms with Crippen molar-refractivity contribution in [3.8, 4) is 0 Å². The summed E-state index contributed by atoms with van der Waals surface area (Å²) in [6.07, 6.45) is -5.33. The van der Waals surface area contributed by atoms with Gasteiger partial charge in [-0.25, -0.2) is 4.79 Å². The second-order valence-electron chi connectivity index (χ2n) is 2.16. The Morgan fingerprint density at radius 2 is 1.40 bits per heavy atom. The molecule has 0 aliphatic heterocycles. The van der Waals surface area contributed by atoms with Crippen LogP contribution in [0.4, 0.5) is 13.2 Å². The van der Waals surface area contributed by atoms with E-state index >= 15 is 0 Å². The summed E-state index contributed by atoms with van der Waals surface area (Å²) in [5.74, 6) is -4.33. The Balaban J connectivity index is 0. The average molecular weight is 231 g/mol. The zero-order valence-electron chi connectivity index (χ0n) is 7.24. The maximum Gasteiger partial charge on any atom is 0.490 e. The van der Waals surface area contributed by atoms with E-state index in [1.54, 1.807) is 0 Å². The number of amides is 1. The number of rotatable bonds is 3. The molecule has 0 aromatic rings. The number of primary amides is 1. The minimum Gasteiger partial charge on any atom is -0.481 e. The van der Waals surface area contributed by atoms with Crippen molar-refractivity contribution < 1.29 is 37.8 Å². The van der Waals surface area contributed by atoms with Crippen LogP contribution in [0.3, 0.4) is 0 Å². The zero-order chi connectivity index (χ0) is 12.6. The van der Waals surface area contributed by atoms with Gasteiger partial charge in [0.05, 0.1) is 6.42 Å². The molecule has 88 valence electrons. The van der Waals surface area contributed by atoms with Gasteiger partial charge in [0.1, 0.15) is 0 Å². The lowest BCUT2D eigenvalue weighted by molar-refractivity contribution is -0.192. The fourth-order valence-electron chi connectivity index (χ4n) is 0.230. The van der Waals surface area contributed by atoms with Gasteiger partial charge in [-0.2, -0.15) is 13.2 Å². The molecule has 0 bridgehead atoms. The summed E-state index contributed by atoms with van der Waals surface area (Å²) in [6, 6.07) is 0. The lowest BCUT2D eigenvalue weighted by Crippen LogP contribution is -2.21. The van der Waals surface area contributed by atoms with Crippen LogP contribution in [-0.4, -0.2) is 34.2 Å². The SMILES string of the molecule is NC(=O)CCC(=O)O.O=C(O)C(F)(F)F. The highest BCUT2D eigenvalue weighted by Crippen LogP contribution is 2.13. The van der Waals surface area contributed by atoms with E-state index in [1.165, 1.54) is 0 Å². The van der Waals surface area contributed by atoms with Gasteiger partial charge in [-0.3, -0.25) is 9.59 Å². The smallest absolute Gasteiger partial charge is 0.481 e. The Kier molecular flexibility index (Phi) is 6.92. The third kappa shape index (κ3) is 15.0. The maximum absolute atomic E-state index is 10.6. The summed E-state index contributed by atoms with van der Waals surface area (Å²) in [6.45, 7) is 0. The van der Waals surface area contributed by atoms with Crippen molar-refractivity contribution in [3.63, 3.8) is 0 Å². The van der Waals surface area contributed by atoms with Gasteiger partial charge in [-0.05, 0) is 0 Å². The Labute approximate surface area is 81.5 Å². The lowest BCUT2D eigenvalue weighted by atomic mass is 10.3. The average Bonchev–Trinajstić information content (AvgIpc) is 2.00. The molecule has 0 aliphatic rings. The second-order valence-corrected chi connectivity index (χ2v) is 2.16. The number of alkyl halides is 3. The van der Waals surface area contributed by atoms with E-state index in [0.717, 1.165) is 0 Å². The molecule has 0 atom stereocenters. The zero-order valence-corrected chi connectivity index (χ0v) is 7.24. The van der Waals surface area contributed by atoms with Crippen LogP contribution in [0.2, 0.25) is 0 Å². The van der Waals surface area contributed by atoms with Gasteiger partial charge in [0, 0.05) is 6.42 Å². The predicted molar refractivity (Wildman–Crippen MR) is 39.8 cm³/mol. The lowest BCUT2D eigenvalue weighted by Gasteiger charge is -1.93. The van der Waals surface area contributed by atoms with Gasteiger partial charge >= 0.3 is 18.1 Å². The van der Waals surface area contributed by atoms with E-state index in [9.17, 15) is 22.8 Å². The third-order valence-electron chi connectivity index (χ3n) is 0.828. The van der Waals surface area contributed by atoms with Crippen molar-refractivity contribution in [3.05, 3.63) is 0 Å². The number of hydrogen-bond acceptors (Lipinski definition) is 3. The van der Waals surface area contributed by atoms with Crippen molar-refractivity contribution in [2.75, 3.05) is 0 Å². The molecule has 0 rings (SSSR count). The monoisotopic (exact) mass is 231 g/mol. The van der Waals surface area contributed by atoms with Gasteiger partial charge in [-0.15, -0.1) is 0 Å². The fourth-order valence-corrected chi connectivity index (χ4v) is 0.230. The highest BCUT2D eigenvalue weighted by molar-refractivity contribution is 5.79. The van der Waals surface area contributed by atoms with Crippen molar-refractivity contribution in [1.82, 2.24) is 0 Å². The van der Waals surface area contributed by atoms with Crippen LogP contribution in [0.15, 0.2) is 0 Å². The first-order valence-corrected chi connectivity index (χ1v) is 3.37. The fraction of sp³-hybridized carbons (Fsp3) is 0.500. The molecule has 15 heavy (non-hydrogen) atoms. The first-order chi connectivity index (χ1) is 6.57. The minimum atomic E-state index is -5.08. The molecule has 0 heterocycles. The Morgan fingerprint density at radius 3 is 1.47 bits per heavy atom. The standard InChI is InChI=1S/C4H7NO3.C2HF3O2/c5-3(6)1-2-4(7)8;3-2(4,5)1(6)7/h1-2H2,(H2,5,6)(H,7,8);(H,6,7). The molecule has 0 saturated carbocycles. The molecule has 6 nitrogen and oxygen atoms in total. The van der Waals surface area contributed by atoms with Gasteiger partial charge < -0.3 is 15.9 Å². The number of carbonyl (C=O) groups excluding carboxylic acids is 1. The van der Waals surface area contributed by atoms with Crippen LogP contribution in [0.5, 0.6) is 0 Å². The number of carboxylic acid groups (broad SMARTS) is 2. The first kappa shape index (κ1) is 15.7. The molecule has 0 unspecified atom stereocenters. The highest BCUT2D eigenvalue weighted by atomic mass is 19.4. The summed E-state index contributed by atoms with van der Waals surface area (Å²) in [4.78, 5) is 28.5. The molecule has 0 radical (unpaired) electrons. The minimum absolute atomic E-state index is 0.0741. The van der Waals surface area contributed by atoms with Crippen LogP contribution in [-0.2, 0) is 14.4 Å². The quantitative estimate of drug-likeness (QED) is 0.630. The molecule has 0 fully saturated rings. The Bertz CT molecular complexity index is 236. The van der Waals surface area contributed by atoms with E-state index in [0.29, 0.717) is 0 Å². The number of halogens is 3. The third-order valence-corrected chi connectivity index (χ3v) is 0.828. The molecule has 0 aliphatic carbocycles. The number of nitrogens with two attached hydrogens (primary N) is 1. The summed E-state index contributed by atoms with van der Waals surface area (Å²) >= 11 is 0. The Hall–Kier alpha value is -1.80. The van der Waals surface area contributed by atoms with Crippen LogP contribution >= 0.6 is 0 Å². The van der Waals surface area contributed by atoms with E-state index in [2.05, 4.69) is 5.73 Å². The van der Waals surface area contributed by atoms with Crippen molar-refractivity contribution in [2.45, 2.75) is 19.0 Å². The predicted octanol–water partition coefficient (Wildman–Crippen LogP) is -0.0302. The van der Waals surface area contributed by atoms with Crippen molar-refractivity contribution in [2.24, 2.45) is 5.73 Å². The number of carbonyl (C=O) groups is 3. The van der Waals surface area contributed by atoms with Gasteiger partial charge in [0.2, 0.25) is 5.91 Å². The number of carboxylic acids is 2. The normalized spacial score (nSPS) is 9.80. The van der Waals surface area contributed by atoms with E-state index < -0.39 is 24.0 Å². The summed E-state index contributed by atoms with van der Waals surface area (Å²) < 4.78 is 31.7. The molecule has 4 N–H and O–H groups in total. The van der Waals surface area contributed by atoms with E-state index in [4.69, 9.17) is 15.0 Å². The molecule has 9 heteroatoms. The van der Waals surface area contributed by atoms with Gasteiger partial charge in [-0.1, -0.05) is 0 Å². The molecule has 0 aromatic heterocycles. The molecular weight excluding hydrogens is 223 g/mol. The van der Waals surface area contributed by atoms with Crippen LogP contribution < -0.4 is 5.73 Å². The Morgan fingerprint density at radius 1 is 1.07 bits per heavy atom. The summed E-state index contributed by atoms with van der Waals surface area (Å²) in [5, 5.41) is 15.1.